The smallest absolute Gasteiger partial charge is 0.252 e. The van der Waals surface area contributed by atoms with E-state index in [9.17, 15) is 4.79 Å². The van der Waals surface area contributed by atoms with Crippen LogP contribution in [0.2, 0.25) is 0 Å². The van der Waals surface area contributed by atoms with E-state index in [1.165, 1.54) is 6.07 Å². The molecule has 1 aromatic heterocycles. The molecule has 0 unspecified atom stereocenters. The van der Waals surface area contributed by atoms with E-state index in [0.29, 0.717) is 4.77 Å². The standard InChI is InChI=1S/C10H7BrN2OS/c11-7-3-1-6(2-4-7)8-5-9(14)13-10(15)12-8/h1-5H,(H2,12,13,14,15). The lowest BCUT2D eigenvalue weighted by Crippen LogP contribution is -2.06. The van der Waals surface area contributed by atoms with Gasteiger partial charge < -0.3 is 4.98 Å². The summed E-state index contributed by atoms with van der Waals surface area (Å²) in [6.45, 7) is 0. The molecule has 0 fully saturated rings. The zero-order valence-corrected chi connectivity index (χ0v) is 9.98. The van der Waals surface area contributed by atoms with Crippen molar-refractivity contribution in [3.05, 3.63) is 49.9 Å². The Kier molecular flexibility index (Phi) is 2.83. The molecule has 3 nitrogen and oxygen atoms in total. The van der Waals surface area contributed by atoms with E-state index in [1.54, 1.807) is 0 Å². The maximum Gasteiger partial charge on any atom is 0.252 e. The van der Waals surface area contributed by atoms with Gasteiger partial charge in [0.25, 0.3) is 5.56 Å². The maximum absolute atomic E-state index is 11.2. The number of rotatable bonds is 1. The van der Waals surface area contributed by atoms with Crippen LogP contribution in [0, 0.1) is 4.77 Å². The van der Waals surface area contributed by atoms with Crippen LogP contribution in [0.1, 0.15) is 0 Å². The number of aromatic amines is 2. The van der Waals surface area contributed by atoms with Crippen LogP contribution >= 0.6 is 28.1 Å². The van der Waals surface area contributed by atoms with E-state index in [0.717, 1.165) is 15.7 Å². The molecule has 2 rings (SSSR count). The summed E-state index contributed by atoms with van der Waals surface area (Å²) in [6.07, 6.45) is 0. The Hall–Kier alpha value is -1.20. The Labute approximate surface area is 99.3 Å². The average molecular weight is 283 g/mol. The van der Waals surface area contributed by atoms with Crippen molar-refractivity contribution in [2.75, 3.05) is 0 Å². The molecule has 15 heavy (non-hydrogen) atoms. The highest BCUT2D eigenvalue weighted by molar-refractivity contribution is 9.10. The second-order valence-electron chi connectivity index (χ2n) is 3.01. The van der Waals surface area contributed by atoms with Crippen LogP contribution in [0.5, 0.6) is 0 Å². The zero-order chi connectivity index (χ0) is 10.8. The SMILES string of the molecule is O=c1cc(-c2ccc(Br)cc2)[nH]c(=S)[nH]1. The summed E-state index contributed by atoms with van der Waals surface area (Å²) in [5, 5.41) is 0. The second-order valence-corrected chi connectivity index (χ2v) is 4.33. The van der Waals surface area contributed by atoms with Crippen molar-refractivity contribution in [2.24, 2.45) is 0 Å². The monoisotopic (exact) mass is 282 g/mol. The number of hydrogen-bond acceptors (Lipinski definition) is 2. The maximum atomic E-state index is 11.2. The molecule has 1 heterocycles. The van der Waals surface area contributed by atoms with E-state index in [-0.39, 0.29) is 5.56 Å². The summed E-state index contributed by atoms with van der Waals surface area (Å²) in [5.74, 6) is 0. The molecule has 0 radical (unpaired) electrons. The Balaban J connectivity index is 2.59. The van der Waals surface area contributed by atoms with Gasteiger partial charge in [-0.25, -0.2) is 0 Å². The van der Waals surface area contributed by atoms with Gasteiger partial charge in [0.15, 0.2) is 4.77 Å². The van der Waals surface area contributed by atoms with Crippen molar-refractivity contribution in [1.29, 1.82) is 0 Å². The van der Waals surface area contributed by atoms with E-state index >= 15 is 0 Å². The number of hydrogen-bond donors (Lipinski definition) is 2. The minimum atomic E-state index is -0.198. The van der Waals surface area contributed by atoms with Gasteiger partial charge in [0.1, 0.15) is 0 Å². The van der Waals surface area contributed by atoms with Crippen molar-refractivity contribution < 1.29 is 0 Å². The van der Waals surface area contributed by atoms with Gasteiger partial charge in [-0.1, -0.05) is 28.1 Å². The predicted octanol–water partition coefficient (Wildman–Crippen LogP) is 2.86. The summed E-state index contributed by atoms with van der Waals surface area (Å²) in [4.78, 5) is 16.6. The quantitative estimate of drug-likeness (QED) is 0.791. The van der Waals surface area contributed by atoms with Gasteiger partial charge >= 0.3 is 0 Å². The van der Waals surface area contributed by atoms with Crippen LogP contribution in [0.3, 0.4) is 0 Å². The zero-order valence-electron chi connectivity index (χ0n) is 7.58. The minimum Gasteiger partial charge on any atom is -0.332 e. The van der Waals surface area contributed by atoms with Gasteiger partial charge in [-0.15, -0.1) is 0 Å². The van der Waals surface area contributed by atoms with E-state index in [4.69, 9.17) is 12.2 Å². The fourth-order valence-electron chi connectivity index (χ4n) is 1.25. The van der Waals surface area contributed by atoms with Crippen LogP contribution in [0.25, 0.3) is 11.3 Å². The third-order valence-corrected chi connectivity index (χ3v) is 2.65. The summed E-state index contributed by atoms with van der Waals surface area (Å²) in [7, 11) is 0. The largest absolute Gasteiger partial charge is 0.332 e. The lowest BCUT2D eigenvalue weighted by Gasteiger charge is -2.00. The molecular formula is C10H7BrN2OS. The lowest BCUT2D eigenvalue weighted by molar-refractivity contribution is 1.09. The first-order chi connectivity index (χ1) is 7.15. The second kappa shape index (κ2) is 4.12. The molecule has 0 saturated heterocycles. The number of H-pyrrole nitrogens is 2. The highest BCUT2D eigenvalue weighted by Gasteiger charge is 1.98. The molecule has 0 saturated carbocycles. The van der Waals surface area contributed by atoms with Gasteiger partial charge in [-0.2, -0.15) is 0 Å². The molecule has 0 aliphatic carbocycles. The van der Waals surface area contributed by atoms with Crippen molar-refractivity contribution in [1.82, 2.24) is 9.97 Å². The fraction of sp³-hybridized carbons (Fsp3) is 0. The van der Waals surface area contributed by atoms with Crippen LogP contribution < -0.4 is 5.56 Å². The van der Waals surface area contributed by atoms with E-state index in [2.05, 4.69) is 25.9 Å². The molecule has 0 spiro atoms. The summed E-state index contributed by atoms with van der Waals surface area (Å²) >= 11 is 8.24. The molecule has 2 N–H and O–H groups in total. The van der Waals surface area contributed by atoms with Crippen LogP contribution in [-0.4, -0.2) is 9.97 Å². The molecule has 0 bridgehead atoms. The Morgan fingerprint density at radius 1 is 1.13 bits per heavy atom. The fourth-order valence-corrected chi connectivity index (χ4v) is 1.73. The molecule has 0 aliphatic heterocycles. The van der Waals surface area contributed by atoms with Crippen LogP contribution in [0.4, 0.5) is 0 Å². The number of nitrogens with one attached hydrogen (secondary N) is 2. The van der Waals surface area contributed by atoms with Gasteiger partial charge in [0.2, 0.25) is 0 Å². The average Bonchev–Trinajstić information content (AvgIpc) is 2.17. The Morgan fingerprint density at radius 3 is 2.40 bits per heavy atom. The summed E-state index contributed by atoms with van der Waals surface area (Å²) < 4.78 is 1.33. The molecule has 76 valence electrons. The van der Waals surface area contributed by atoms with Gasteiger partial charge in [0.05, 0.1) is 5.69 Å². The molecule has 0 aliphatic rings. The minimum absolute atomic E-state index is 0.198. The van der Waals surface area contributed by atoms with E-state index in [1.807, 2.05) is 24.3 Å². The third-order valence-electron chi connectivity index (χ3n) is 1.92. The molecule has 0 atom stereocenters. The highest BCUT2D eigenvalue weighted by atomic mass is 79.9. The van der Waals surface area contributed by atoms with Crippen LogP contribution in [-0.2, 0) is 0 Å². The summed E-state index contributed by atoms with van der Waals surface area (Å²) in [6, 6.07) is 9.12. The van der Waals surface area contributed by atoms with Gasteiger partial charge in [-0.3, -0.25) is 9.78 Å². The number of halogens is 1. The summed E-state index contributed by atoms with van der Waals surface area (Å²) in [5.41, 5.74) is 1.45. The Bertz CT molecular complexity index is 557. The molecule has 1 aromatic carbocycles. The molecule has 2 aromatic rings. The Morgan fingerprint density at radius 2 is 1.80 bits per heavy atom. The normalized spacial score (nSPS) is 10.2. The number of aromatic nitrogens is 2. The first-order valence-corrected chi connectivity index (χ1v) is 5.45. The van der Waals surface area contributed by atoms with Crippen LogP contribution in [0.15, 0.2) is 39.6 Å². The third kappa shape index (κ3) is 2.43. The van der Waals surface area contributed by atoms with Crippen molar-refractivity contribution in [3.8, 4) is 11.3 Å². The number of benzene rings is 1. The topological polar surface area (TPSA) is 48.6 Å². The van der Waals surface area contributed by atoms with Crippen molar-refractivity contribution in [2.45, 2.75) is 0 Å². The first-order valence-electron chi connectivity index (χ1n) is 4.25. The molecular weight excluding hydrogens is 276 g/mol. The lowest BCUT2D eigenvalue weighted by atomic mass is 10.1. The first kappa shape index (κ1) is 10.3. The van der Waals surface area contributed by atoms with E-state index < -0.39 is 0 Å². The molecule has 5 heteroatoms. The predicted molar refractivity (Wildman–Crippen MR) is 65.4 cm³/mol. The van der Waals surface area contributed by atoms with Gasteiger partial charge in [0, 0.05) is 10.5 Å². The highest BCUT2D eigenvalue weighted by Crippen LogP contribution is 2.18. The molecule has 0 amide bonds. The van der Waals surface area contributed by atoms with Crippen molar-refractivity contribution >= 4 is 28.1 Å². The van der Waals surface area contributed by atoms with Crippen molar-refractivity contribution in [3.63, 3.8) is 0 Å². The van der Waals surface area contributed by atoms with Gasteiger partial charge in [-0.05, 0) is 29.9 Å².